The van der Waals surface area contributed by atoms with Crippen molar-refractivity contribution in [2.75, 3.05) is 21.1 Å². The number of hydrogen-bond acceptors (Lipinski definition) is 9. The van der Waals surface area contributed by atoms with Crippen LogP contribution in [0, 0.1) is 11.8 Å². The highest BCUT2D eigenvalue weighted by molar-refractivity contribution is 5.95. The summed E-state index contributed by atoms with van der Waals surface area (Å²) >= 11 is 0. The number of ketones is 1. The van der Waals surface area contributed by atoms with Gasteiger partial charge in [-0.2, -0.15) is 0 Å². The number of aliphatic hydroxyl groups is 2. The zero-order valence-corrected chi connectivity index (χ0v) is 24.6. The molecule has 0 aromatic heterocycles. The average Bonchev–Trinajstić information content (AvgIpc) is 2.80. The summed E-state index contributed by atoms with van der Waals surface area (Å²) in [6, 6.07) is -2.39. The normalized spacial score (nSPS) is 18.0. The summed E-state index contributed by atoms with van der Waals surface area (Å²) in [5.74, 6) is -3.58. The second-order valence-corrected chi connectivity index (χ2v) is 11.0. The number of rotatable bonds is 19. The Kier molecular flexibility index (Phi) is 15.9. The largest absolute Gasteiger partial charge is 0.478 e. The van der Waals surface area contributed by atoms with Crippen LogP contribution in [-0.4, -0.2) is 101 Å². The van der Waals surface area contributed by atoms with Gasteiger partial charge in [-0.1, -0.05) is 27.2 Å². The van der Waals surface area contributed by atoms with Crippen molar-refractivity contribution in [2.24, 2.45) is 11.8 Å². The van der Waals surface area contributed by atoms with Crippen molar-refractivity contribution in [2.45, 2.75) is 116 Å². The summed E-state index contributed by atoms with van der Waals surface area (Å²) in [6.45, 7) is 10.3. The van der Waals surface area contributed by atoms with Gasteiger partial charge in [0.05, 0.1) is 30.7 Å². The van der Waals surface area contributed by atoms with Crippen molar-refractivity contribution in [3.05, 3.63) is 0 Å². The van der Waals surface area contributed by atoms with E-state index in [-0.39, 0.29) is 17.7 Å². The quantitative estimate of drug-likeness (QED) is 0.150. The van der Waals surface area contributed by atoms with Crippen molar-refractivity contribution in [1.29, 1.82) is 0 Å². The molecule has 38 heavy (non-hydrogen) atoms. The van der Waals surface area contributed by atoms with Gasteiger partial charge in [-0.25, -0.2) is 4.79 Å². The Morgan fingerprint density at radius 1 is 0.921 bits per heavy atom. The van der Waals surface area contributed by atoms with Crippen LogP contribution in [-0.2, 0) is 23.9 Å². The summed E-state index contributed by atoms with van der Waals surface area (Å²) in [5, 5.41) is 35.7. The van der Waals surface area contributed by atoms with E-state index in [9.17, 15) is 34.5 Å². The van der Waals surface area contributed by atoms with Crippen LogP contribution in [0.3, 0.4) is 0 Å². The maximum Gasteiger partial charge on any atom is 0.348 e. The lowest BCUT2D eigenvalue weighted by Crippen LogP contribution is -2.56. The number of carboxylic acids is 1. The molecule has 0 aliphatic rings. The Hall–Kier alpha value is -2.08. The molecule has 11 heteroatoms. The number of carbonyl (C=O) groups is 4. The highest BCUT2D eigenvalue weighted by Gasteiger charge is 2.49. The Labute approximate surface area is 227 Å². The lowest BCUT2D eigenvalue weighted by atomic mass is 9.83. The third kappa shape index (κ3) is 11.3. The molecule has 0 bridgehead atoms. The minimum atomic E-state index is -2.31. The van der Waals surface area contributed by atoms with Crippen molar-refractivity contribution in [1.82, 2.24) is 15.5 Å². The molecular weight excluding hydrogens is 494 g/mol. The molecule has 7 atom stereocenters. The van der Waals surface area contributed by atoms with E-state index < -0.39 is 66.5 Å². The van der Waals surface area contributed by atoms with Gasteiger partial charge in [0.15, 0.2) is 5.78 Å². The van der Waals surface area contributed by atoms with Crippen LogP contribution < -0.4 is 10.6 Å². The van der Waals surface area contributed by atoms with Gasteiger partial charge in [0.1, 0.15) is 6.04 Å². The fourth-order valence-corrected chi connectivity index (χ4v) is 4.66. The van der Waals surface area contributed by atoms with Crippen LogP contribution in [0.5, 0.6) is 0 Å². The molecule has 0 saturated carbocycles. The van der Waals surface area contributed by atoms with E-state index in [1.807, 2.05) is 13.8 Å². The molecule has 0 aliphatic carbocycles. The van der Waals surface area contributed by atoms with Crippen molar-refractivity contribution in [3.63, 3.8) is 0 Å². The van der Waals surface area contributed by atoms with E-state index in [0.29, 0.717) is 25.7 Å². The Morgan fingerprint density at radius 2 is 1.50 bits per heavy atom. The number of amides is 1. The molecule has 222 valence electrons. The smallest absolute Gasteiger partial charge is 0.348 e. The molecule has 0 aliphatic heterocycles. The predicted molar refractivity (Wildman–Crippen MR) is 144 cm³/mol. The standard InChI is InChI=1S/C27H51N3O8/c1-16(2)13-21(29-8)25(35)38-27(26(36)37,14-19(5)32)15-22(33)23(17(3)11-10-12-18(4)31)30(9)24(34)20(6)28-7/h16-21,23,28-29,31-32H,10-15H2,1-9H3,(H,36,37)/t17-,18?,19?,20-,21-,23-,27?/m0/s1. The lowest BCUT2D eigenvalue weighted by Gasteiger charge is -2.37. The number of ether oxygens (including phenoxy) is 1. The topological polar surface area (TPSA) is 165 Å². The number of nitrogens with one attached hydrogen (secondary N) is 2. The van der Waals surface area contributed by atoms with Crippen molar-refractivity contribution < 1.29 is 39.2 Å². The maximum atomic E-state index is 13.8. The zero-order valence-electron chi connectivity index (χ0n) is 24.6. The van der Waals surface area contributed by atoms with Gasteiger partial charge in [0.2, 0.25) is 11.5 Å². The van der Waals surface area contributed by atoms with E-state index in [1.165, 1.54) is 18.9 Å². The highest BCUT2D eigenvalue weighted by atomic mass is 16.6. The lowest BCUT2D eigenvalue weighted by molar-refractivity contribution is -0.186. The monoisotopic (exact) mass is 545 g/mol. The number of aliphatic carboxylic acids is 1. The maximum absolute atomic E-state index is 13.8. The number of carboxylic acid groups (broad SMARTS) is 1. The van der Waals surface area contributed by atoms with Gasteiger partial charge in [0, 0.05) is 13.5 Å². The summed E-state index contributed by atoms with van der Waals surface area (Å²) < 4.78 is 5.56. The number of Topliss-reactive ketones (excluding diaryl/α,β-unsaturated/α-hetero) is 1. The molecule has 0 saturated heterocycles. The summed E-state index contributed by atoms with van der Waals surface area (Å²) in [4.78, 5) is 53.8. The molecule has 0 aromatic carbocycles. The van der Waals surface area contributed by atoms with Crippen LogP contribution in [0.4, 0.5) is 0 Å². The first kappa shape index (κ1) is 35.9. The molecule has 0 heterocycles. The van der Waals surface area contributed by atoms with Gasteiger partial charge >= 0.3 is 11.9 Å². The number of aliphatic hydroxyl groups excluding tert-OH is 2. The number of nitrogens with zero attached hydrogens (tertiary/aromatic N) is 1. The number of esters is 1. The number of hydrogen-bond donors (Lipinski definition) is 5. The molecule has 5 N–H and O–H groups in total. The Morgan fingerprint density at radius 3 is 1.92 bits per heavy atom. The fraction of sp³-hybridized carbons (Fsp3) is 0.852. The molecule has 0 fully saturated rings. The average molecular weight is 546 g/mol. The number of likely N-dealkylation sites (N-methyl/N-ethyl adjacent to an activating group) is 3. The highest BCUT2D eigenvalue weighted by Crippen LogP contribution is 2.29. The summed E-state index contributed by atoms with van der Waals surface area (Å²) in [7, 11) is 4.67. The van der Waals surface area contributed by atoms with Gasteiger partial charge < -0.3 is 35.6 Å². The van der Waals surface area contributed by atoms with Crippen LogP contribution in [0.1, 0.15) is 80.1 Å². The van der Waals surface area contributed by atoms with Crippen LogP contribution >= 0.6 is 0 Å². The Bertz CT molecular complexity index is 773. The van der Waals surface area contributed by atoms with E-state index in [4.69, 9.17) is 4.74 Å². The molecule has 1 amide bonds. The van der Waals surface area contributed by atoms with E-state index in [1.54, 1.807) is 34.9 Å². The molecule has 11 nitrogen and oxygen atoms in total. The number of carbonyl (C=O) groups excluding carboxylic acids is 3. The minimum Gasteiger partial charge on any atom is -0.478 e. The van der Waals surface area contributed by atoms with Crippen LogP contribution in [0.15, 0.2) is 0 Å². The van der Waals surface area contributed by atoms with E-state index in [0.717, 1.165) is 0 Å². The van der Waals surface area contributed by atoms with Crippen LogP contribution in [0.2, 0.25) is 0 Å². The summed E-state index contributed by atoms with van der Waals surface area (Å²) in [5.41, 5.74) is -2.31. The van der Waals surface area contributed by atoms with Crippen molar-refractivity contribution >= 4 is 23.6 Å². The second-order valence-electron chi connectivity index (χ2n) is 11.0. The zero-order chi connectivity index (χ0) is 29.8. The molecule has 3 unspecified atom stereocenters. The fourth-order valence-electron chi connectivity index (χ4n) is 4.66. The molecule has 0 radical (unpaired) electrons. The van der Waals surface area contributed by atoms with Crippen molar-refractivity contribution in [3.8, 4) is 0 Å². The van der Waals surface area contributed by atoms with Gasteiger partial charge in [-0.15, -0.1) is 0 Å². The third-order valence-corrected chi connectivity index (χ3v) is 6.83. The first-order valence-electron chi connectivity index (χ1n) is 13.5. The third-order valence-electron chi connectivity index (χ3n) is 6.83. The van der Waals surface area contributed by atoms with Crippen LogP contribution in [0.25, 0.3) is 0 Å². The SMILES string of the molecule is CN[C@@H](C)C(=O)N(C)[C@H](C(=O)CC(CC(C)O)(OC(=O)[C@H](CC(C)C)NC)C(=O)O)[C@@H](C)CCCC(C)O. The van der Waals surface area contributed by atoms with Gasteiger partial charge in [-0.3, -0.25) is 14.4 Å². The second kappa shape index (κ2) is 16.8. The van der Waals surface area contributed by atoms with Gasteiger partial charge in [0.25, 0.3) is 0 Å². The van der Waals surface area contributed by atoms with Gasteiger partial charge in [-0.05, 0) is 66.0 Å². The Balaban J connectivity index is 6.36. The molecular formula is C27H51N3O8. The first-order valence-corrected chi connectivity index (χ1v) is 13.5. The molecule has 0 aromatic rings. The predicted octanol–water partition coefficient (Wildman–Crippen LogP) is 1.34. The molecule has 0 rings (SSSR count). The summed E-state index contributed by atoms with van der Waals surface area (Å²) in [6.07, 6.45) is -0.922. The first-order chi connectivity index (χ1) is 17.5. The van der Waals surface area contributed by atoms with E-state index >= 15 is 0 Å². The molecule has 0 spiro atoms. The minimum absolute atomic E-state index is 0.110. The van der Waals surface area contributed by atoms with E-state index in [2.05, 4.69) is 10.6 Å².